The SMILES string of the molecule is Cc1cc(CNc2cnccc2C)c(C)s1. The summed E-state index contributed by atoms with van der Waals surface area (Å²) >= 11 is 1.85. The molecule has 0 fully saturated rings. The monoisotopic (exact) mass is 232 g/mol. The lowest BCUT2D eigenvalue weighted by Crippen LogP contribution is -2.01. The van der Waals surface area contributed by atoms with Gasteiger partial charge in [0.1, 0.15) is 0 Å². The van der Waals surface area contributed by atoms with E-state index in [0.717, 1.165) is 12.2 Å². The molecule has 0 aromatic carbocycles. The Kier molecular flexibility index (Phi) is 3.25. The number of anilines is 1. The van der Waals surface area contributed by atoms with Crippen LogP contribution in [0.5, 0.6) is 0 Å². The van der Waals surface area contributed by atoms with Crippen LogP contribution in [0.25, 0.3) is 0 Å². The third-order valence-corrected chi connectivity index (χ3v) is 3.66. The Morgan fingerprint density at radius 1 is 1.31 bits per heavy atom. The number of hydrogen-bond acceptors (Lipinski definition) is 3. The first-order valence-corrected chi connectivity index (χ1v) is 6.19. The summed E-state index contributed by atoms with van der Waals surface area (Å²) in [4.78, 5) is 6.89. The van der Waals surface area contributed by atoms with Gasteiger partial charge in [-0.3, -0.25) is 4.98 Å². The van der Waals surface area contributed by atoms with Gasteiger partial charge in [-0.05, 0) is 44.0 Å². The number of thiophene rings is 1. The summed E-state index contributed by atoms with van der Waals surface area (Å²) in [6.45, 7) is 7.29. The van der Waals surface area contributed by atoms with Crippen molar-refractivity contribution in [1.82, 2.24) is 4.98 Å². The van der Waals surface area contributed by atoms with Crippen molar-refractivity contribution in [2.45, 2.75) is 27.3 Å². The zero-order chi connectivity index (χ0) is 11.5. The highest BCUT2D eigenvalue weighted by molar-refractivity contribution is 7.12. The van der Waals surface area contributed by atoms with Crippen LogP contribution >= 0.6 is 11.3 Å². The molecule has 1 N–H and O–H groups in total. The molecule has 3 heteroatoms. The standard InChI is InChI=1S/C13H16N2S/c1-9-4-5-14-8-13(9)15-7-12-6-10(2)16-11(12)3/h4-6,8,15H,7H2,1-3H3. The largest absolute Gasteiger partial charge is 0.379 e. The summed E-state index contributed by atoms with van der Waals surface area (Å²) in [6.07, 6.45) is 3.70. The zero-order valence-electron chi connectivity index (χ0n) is 9.87. The summed E-state index contributed by atoms with van der Waals surface area (Å²) in [5.74, 6) is 0. The van der Waals surface area contributed by atoms with Gasteiger partial charge in [-0.2, -0.15) is 0 Å². The van der Waals surface area contributed by atoms with E-state index in [1.165, 1.54) is 20.9 Å². The Labute approximate surface area is 100 Å². The van der Waals surface area contributed by atoms with Crippen molar-refractivity contribution in [2.75, 3.05) is 5.32 Å². The Morgan fingerprint density at radius 3 is 2.75 bits per heavy atom. The molecule has 16 heavy (non-hydrogen) atoms. The van der Waals surface area contributed by atoms with E-state index < -0.39 is 0 Å². The molecule has 2 aromatic rings. The van der Waals surface area contributed by atoms with Crippen LogP contribution in [0, 0.1) is 20.8 Å². The van der Waals surface area contributed by atoms with E-state index in [0.29, 0.717) is 0 Å². The lowest BCUT2D eigenvalue weighted by atomic mass is 10.2. The molecule has 2 aromatic heterocycles. The fourth-order valence-corrected chi connectivity index (χ4v) is 2.64. The van der Waals surface area contributed by atoms with Crippen LogP contribution in [-0.4, -0.2) is 4.98 Å². The summed E-state index contributed by atoms with van der Waals surface area (Å²) < 4.78 is 0. The zero-order valence-corrected chi connectivity index (χ0v) is 10.7. The molecule has 2 nitrogen and oxygen atoms in total. The van der Waals surface area contributed by atoms with Gasteiger partial charge in [-0.15, -0.1) is 11.3 Å². The number of nitrogens with zero attached hydrogens (tertiary/aromatic N) is 1. The molecule has 0 aliphatic heterocycles. The molecule has 0 bridgehead atoms. The molecule has 0 spiro atoms. The lowest BCUT2D eigenvalue weighted by molar-refractivity contribution is 1.12. The summed E-state index contributed by atoms with van der Waals surface area (Å²) in [6, 6.07) is 4.27. The predicted octanol–water partition coefficient (Wildman–Crippen LogP) is 3.68. The van der Waals surface area contributed by atoms with Gasteiger partial charge < -0.3 is 5.32 Å². The average molecular weight is 232 g/mol. The normalized spacial score (nSPS) is 10.4. The second-order valence-electron chi connectivity index (χ2n) is 3.98. The summed E-state index contributed by atoms with van der Waals surface area (Å²) in [5, 5.41) is 3.43. The molecule has 0 aliphatic carbocycles. The first-order valence-electron chi connectivity index (χ1n) is 5.37. The number of nitrogens with one attached hydrogen (secondary N) is 1. The molecule has 0 unspecified atom stereocenters. The number of rotatable bonds is 3. The number of hydrogen-bond donors (Lipinski definition) is 1. The van der Waals surface area contributed by atoms with E-state index in [1.54, 1.807) is 0 Å². The fourth-order valence-electron chi connectivity index (χ4n) is 1.70. The maximum Gasteiger partial charge on any atom is 0.0559 e. The number of aryl methyl sites for hydroxylation is 3. The number of pyridine rings is 1. The molecule has 0 saturated carbocycles. The van der Waals surface area contributed by atoms with Crippen LogP contribution in [0.2, 0.25) is 0 Å². The maximum absolute atomic E-state index is 4.13. The Hall–Kier alpha value is -1.35. The van der Waals surface area contributed by atoms with E-state index in [9.17, 15) is 0 Å². The summed E-state index contributed by atoms with van der Waals surface area (Å²) in [5.41, 5.74) is 3.73. The van der Waals surface area contributed by atoms with Gasteiger partial charge in [0.05, 0.1) is 11.9 Å². The van der Waals surface area contributed by atoms with E-state index in [1.807, 2.05) is 29.8 Å². The van der Waals surface area contributed by atoms with Crippen molar-refractivity contribution < 1.29 is 0 Å². The van der Waals surface area contributed by atoms with E-state index >= 15 is 0 Å². The smallest absolute Gasteiger partial charge is 0.0559 e. The predicted molar refractivity (Wildman–Crippen MR) is 70.1 cm³/mol. The van der Waals surface area contributed by atoms with Crippen molar-refractivity contribution in [3.05, 3.63) is 45.4 Å². The minimum absolute atomic E-state index is 0.878. The van der Waals surface area contributed by atoms with Gasteiger partial charge in [0.2, 0.25) is 0 Å². The molecule has 84 valence electrons. The molecule has 2 rings (SSSR count). The van der Waals surface area contributed by atoms with Crippen LogP contribution < -0.4 is 5.32 Å². The van der Waals surface area contributed by atoms with Crippen LogP contribution in [0.4, 0.5) is 5.69 Å². The third-order valence-electron chi connectivity index (χ3n) is 2.65. The van der Waals surface area contributed by atoms with Crippen LogP contribution in [-0.2, 0) is 6.54 Å². The molecule has 0 atom stereocenters. The molecule has 0 aliphatic rings. The second kappa shape index (κ2) is 4.66. The highest BCUT2D eigenvalue weighted by Crippen LogP contribution is 2.22. The van der Waals surface area contributed by atoms with Crippen LogP contribution in [0.3, 0.4) is 0 Å². The minimum atomic E-state index is 0.878. The fraction of sp³-hybridized carbons (Fsp3) is 0.308. The second-order valence-corrected chi connectivity index (χ2v) is 5.44. The van der Waals surface area contributed by atoms with Gasteiger partial charge in [0.25, 0.3) is 0 Å². The van der Waals surface area contributed by atoms with Crippen molar-refractivity contribution in [3.8, 4) is 0 Å². The highest BCUT2D eigenvalue weighted by atomic mass is 32.1. The van der Waals surface area contributed by atoms with E-state index in [4.69, 9.17) is 0 Å². The average Bonchev–Trinajstić information content (AvgIpc) is 2.56. The van der Waals surface area contributed by atoms with Gasteiger partial charge in [0, 0.05) is 22.5 Å². The number of aromatic nitrogens is 1. The first kappa shape index (κ1) is 11.1. The maximum atomic E-state index is 4.13. The highest BCUT2D eigenvalue weighted by Gasteiger charge is 2.03. The molecular formula is C13H16N2S. The third kappa shape index (κ3) is 2.42. The van der Waals surface area contributed by atoms with Crippen molar-refractivity contribution >= 4 is 17.0 Å². The minimum Gasteiger partial charge on any atom is -0.379 e. The van der Waals surface area contributed by atoms with Gasteiger partial charge in [-0.1, -0.05) is 0 Å². The van der Waals surface area contributed by atoms with Gasteiger partial charge in [-0.25, -0.2) is 0 Å². The topological polar surface area (TPSA) is 24.9 Å². The Morgan fingerprint density at radius 2 is 2.12 bits per heavy atom. The van der Waals surface area contributed by atoms with Crippen molar-refractivity contribution in [2.24, 2.45) is 0 Å². The molecule has 2 heterocycles. The molecular weight excluding hydrogens is 216 g/mol. The van der Waals surface area contributed by atoms with Crippen molar-refractivity contribution in [1.29, 1.82) is 0 Å². The quantitative estimate of drug-likeness (QED) is 0.873. The summed E-state index contributed by atoms with van der Waals surface area (Å²) in [7, 11) is 0. The van der Waals surface area contributed by atoms with Gasteiger partial charge >= 0.3 is 0 Å². The van der Waals surface area contributed by atoms with Crippen molar-refractivity contribution in [3.63, 3.8) is 0 Å². The van der Waals surface area contributed by atoms with E-state index in [2.05, 4.69) is 37.1 Å². The Bertz CT molecular complexity index is 488. The van der Waals surface area contributed by atoms with Crippen LogP contribution in [0.15, 0.2) is 24.5 Å². The van der Waals surface area contributed by atoms with Crippen LogP contribution in [0.1, 0.15) is 20.9 Å². The molecule has 0 amide bonds. The van der Waals surface area contributed by atoms with E-state index in [-0.39, 0.29) is 0 Å². The lowest BCUT2D eigenvalue weighted by Gasteiger charge is -2.08. The molecule has 0 radical (unpaired) electrons. The van der Waals surface area contributed by atoms with Gasteiger partial charge in [0.15, 0.2) is 0 Å². The Balaban J connectivity index is 2.08. The first-order chi connectivity index (χ1) is 7.66. The molecule has 0 saturated heterocycles.